The maximum atomic E-state index is 13.5. The highest BCUT2D eigenvalue weighted by Crippen LogP contribution is 2.41. The molecule has 152 valence electrons. The van der Waals surface area contributed by atoms with Crippen molar-refractivity contribution in [3.63, 3.8) is 0 Å². The Kier molecular flexibility index (Phi) is 4.59. The summed E-state index contributed by atoms with van der Waals surface area (Å²) in [4.78, 5) is 14.5. The van der Waals surface area contributed by atoms with Crippen LogP contribution in [0, 0.1) is 6.92 Å². The number of fused-ring (bicyclic) bond motifs is 1. The van der Waals surface area contributed by atoms with Crippen molar-refractivity contribution in [3.05, 3.63) is 29.7 Å². The van der Waals surface area contributed by atoms with Gasteiger partial charge in [-0.25, -0.2) is 4.68 Å². The first kappa shape index (κ1) is 18.8. The van der Waals surface area contributed by atoms with E-state index < -0.39 is 12.2 Å². The summed E-state index contributed by atoms with van der Waals surface area (Å²) in [7, 11) is 0. The predicted molar refractivity (Wildman–Crippen MR) is 95.7 cm³/mol. The molecule has 2 aromatic heterocycles. The topological polar surface area (TPSA) is 68.0 Å². The Balaban J connectivity index is 1.57. The zero-order valence-electron chi connectivity index (χ0n) is 15.8. The highest BCUT2D eigenvalue weighted by molar-refractivity contribution is 5.76. The number of hydrogen-bond donors (Lipinski definition) is 1. The van der Waals surface area contributed by atoms with E-state index in [1.165, 1.54) is 0 Å². The summed E-state index contributed by atoms with van der Waals surface area (Å²) < 4.78 is 43.0. The van der Waals surface area contributed by atoms with Crippen LogP contribution in [0.15, 0.2) is 18.5 Å². The summed E-state index contributed by atoms with van der Waals surface area (Å²) in [5, 5.41) is 11.5. The minimum atomic E-state index is -4.36. The second kappa shape index (κ2) is 6.82. The average molecular weight is 396 g/mol. The molecule has 28 heavy (non-hydrogen) atoms. The van der Waals surface area contributed by atoms with Crippen molar-refractivity contribution in [2.24, 2.45) is 0 Å². The molecule has 7 nitrogen and oxygen atoms in total. The van der Waals surface area contributed by atoms with Gasteiger partial charge in [-0.2, -0.15) is 23.4 Å². The van der Waals surface area contributed by atoms with Crippen LogP contribution in [0.4, 0.5) is 19.0 Å². The number of nitrogens with one attached hydrogen (secondary N) is 1. The second-order valence-corrected chi connectivity index (χ2v) is 7.70. The predicted octanol–water partition coefficient (Wildman–Crippen LogP) is 3.06. The van der Waals surface area contributed by atoms with E-state index in [0.717, 1.165) is 16.7 Å². The normalized spacial score (nSPS) is 24.9. The summed E-state index contributed by atoms with van der Waals surface area (Å²) in [5.74, 6) is 0.253. The van der Waals surface area contributed by atoms with Crippen molar-refractivity contribution in [2.45, 2.75) is 64.0 Å². The van der Waals surface area contributed by atoms with Gasteiger partial charge in [0.15, 0.2) is 6.04 Å². The number of likely N-dealkylation sites (tertiary alicyclic amines) is 1. The van der Waals surface area contributed by atoms with Crippen molar-refractivity contribution in [2.75, 3.05) is 11.9 Å². The van der Waals surface area contributed by atoms with Crippen LogP contribution in [0.5, 0.6) is 0 Å². The Hall–Kier alpha value is -2.52. The number of nitrogens with zero attached hydrogens (tertiary/aromatic N) is 5. The van der Waals surface area contributed by atoms with Crippen LogP contribution in [0.25, 0.3) is 0 Å². The lowest BCUT2D eigenvalue weighted by Crippen LogP contribution is -2.38. The number of rotatable bonds is 3. The summed E-state index contributed by atoms with van der Waals surface area (Å²) in [6.45, 7) is 4.30. The molecule has 0 bridgehead atoms. The van der Waals surface area contributed by atoms with Gasteiger partial charge in [0, 0.05) is 24.8 Å². The zero-order chi connectivity index (χ0) is 20.1. The van der Waals surface area contributed by atoms with E-state index in [1.54, 1.807) is 35.0 Å². The molecule has 2 aromatic rings. The summed E-state index contributed by atoms with van der Waals surface area (Å²) in [5.41, 5.74) is 1.47. The minimum Gasteiger partial charge on any atom is -0.368 e. The molecule has 0 saturated carbocycles. The molecule has 3 atom stereocenters. The summed E-state index contributed by atoms with van der Waals surface area (Å²) >= 11 is 0. The van der Waals surface area contributed by atoms with Crippen LogP contribution in [0.3, 0.4) is 0 Å². The highest BCUT2D eigenvalue weighted by atomic mass is 19.4. The lowest BCUT2D eigenvalue weighted by Gasteiger charge is -2.31. The Morgan fingerprint density at radius 2 is 2.18 bits per heavy atom. The second-order valence-electron chi connectivity index (χ2n) is 7.70. The first-order chi connectivity index (χ1) is 13.2. The van der Waals surface area contributed by atoms with Gasteiger partial charge >= 0.3 is 6.18 Å². The van der Waals surface area contributed by atoms with E-state index in [2.05, 4.69) is 15.5 Å². The molecule has 0 aliphatic carbocycles. The third-order valence-corrected chi connectivity index (χ3v) is 5.37. The van der Waals surface area contributed by atoms with Gasteiger partial charge < -0.3 is 10.2 Å². The van der Waals surface area contributed by atoms with Gasteiger partial charge in [0.1, 0.15) is 12.4 Å². The molecule has 0 unspecified atom stereocenters. The number of anilines is 1. The Morgan fingerprint density at radius 3 is 2.86 bits per heavy atom. The highest BCUT2D eigenvalue weighted by Gasteiger charge is 2.46. The average Bonchev–Trinajstić information content (AvgIpc) is 3.31. The number of hydrogen-bond acceptors (Lipinski definition) is 4. The van der Waals surface area contributed by atoms with Crippen LogP contribution < -0.4 is 5.32 Å². The lowest BCUT2D eigenvalue weighted by molar-refractivity contribution is -0.173. The van der Waals surface area contributed by atoms with Gasteiger partial charge in [-0.05, 0) is 38.7 Å². The largest absolute Gasteiger partial charge is 0.410 e. The quantitative estimate of drug-likeness (QED) is 0.866. The van der Waals surface area contributed by atoms with Crippen LogP contribution in [-0.2, 0) is 11.3 Å². The molecule has 2 aliphatic rings. The van der Waals surface area contributed by atoms with Crippen molar-refractivity contribution in [1.29, 1.82) is 0 Å². The number of carbonyl (C=O) groups excluding carboxylic acids is 1. The summed E-state index contributed by atoms with van der Waals surface area (Å²) in [6, 6.07) is -0.602. The maximum absolute atomic E-state index is 13.5. The standard InChI is InChI=1S/C18H23F3N6O/c1-11-8-22-25(9-11)10-17(28)26-5-3-4-14(26)13-7-16-23-12(2)6-15(18(19,20)21)27(16)24-13/h7-9,12,14-15,23H,3-6,10H2,1-2H3/t12-,14+,15-/m1/s1. The van der Waals surface area contributed by atoms with E-state index in [1.807, 2.05) is 6.92 Å². The molecule has 4 rings (SSSR count). The lowest BCUT2D eigenvalue weighted by atomic mass is 10.1. The Bertz CT molecular complexity index is 873. The van der Waals surface area contributed by atoms with Gasteiger partial charge in [-0.15, -0.1) is 0 Å². The molecule has 0 aromatic carbocycles. The fourth-order valence-corrected chi connectivity index (χ4v) is 4.10. The molecular formula is C18H23F3N6O. The molecule has 1 N–H and O–H groups in total. The van der Waals surface area contributed by atoms with Gasteiger partial charge in [-0.1, -0.05) is 0 Å². The van der Waals surface area contributed by atoms with Crippen molar-refractivity contribution in [1.82, 2.24) is 24.5 Å². The molecule has 10 heteroatoms. The molecule has 1 amide bonds. The van der Waals surface area contributed by atoms with Crippen molar-refractivity contribution in [3.8, 4) is 0 Å². The van der Waals surface area contributed by atoms with E-state index in [9.17, 15) is 18.0 Å². The van der Waals surface area contributed by atoms with Crippen LogP contribution in [-0.4, -0.2) is 49.1 Å². The number of alkyl halides is 3. The molecule has 4 heterocycles. The number of halogens is 3. The fourth-order valence-electron chi connectivity index (χ4n) is 4.10. The first-order valence-corrected chi connectivity index (χ1v) is 9.43. The van der Waals surface area contributed by atoms with E-state index in [-0.39, 0.29) is 31.0 Å². The van der Waals surface area contributed by atoms with Gasteiger partial charge in [0.05, 0.1) is 17.9 Å². The SMILES string of the molecule is Cc1cnn(CC(=O)N2CCC[C@H]2c2cc3n(n2)[C@@H](C(F)(F)F)C[C@@H](C)N3)c1. The van der Waals surface area contributed by atoms with Crippen LogP contribution in [0.1, 0.15) is 49.5 Å². The van der Waals surface area contributed by atoms with E-state index in [0.29, 0.717) is 24.5 Å². The third kappa shape index (κ3) is 3.47. The molecule has 0 spiro atoms. The van der Waals surface area contributed by atoms with Gasteiger partial charge in [0.2, 0.25) is 5.91 Å². The molecule has 1 saturated heterocycles. The van der Waals surface area contributed by atoms with E-state index in [4.69, 9.17) is 0 Å². The molecular weight excluding hydrogens is 373 g/mol. The number of aryl methyl sites for hydroxylation is 1. The number of amides is 1. The summed E-state index contributed by atoms with van der Waals surface area (Å²) in [6.07, 6.45) is 0.525. The first-order valence-electron chi connectivity index (χ1n) is 9.43. The molecule has 2 aliphatic heterocycles. The van der Waals surface area contributed by atoms with Crippen LogP contribution >= 0.6 is 0 Å². The fraction of sp³-hybridized carbons (Fsp3) is 0.611. The van der Waals surface area contributed by atoms with Crippen molar-refractivity contribution < 1.29 is 18.0 Å². The Labute approximate surface area is 160 Å². The number of aromatic nitrogens is 4. The number of carbonyl (C=O) groups is 1. The minimum absolute atomic E-state index is 0.0659. The smallest absolute Gasteiger partial charge is 0.368 e. The maximum Gasteiger partial charge on any atom is 0.410 e. The monoisotopic (exact) mass is 396 g/mol. The van der Waals surface area contributed by atoms with Gasteiger partial charge in [0.25, 0.3) is 0 Å². The Morgan fingerprint density at radius 1 is 1.39 bits per heavy atom. The molecule has 0 radical (unpaired) electrons. The van der Waals surface area contributed by atoms with Crippen LogP contribution in [0.2, 0.25) is 0 Å². The third-order valence-electron chi connectivity index (χ3n) is 5.37. The van der Waals surface area contributed by atoms with E-state index >= 15 is 0 Å². The zero-order valence-corrected chi connectivity index (χ0v) is 15.8. The van der Waals surface area contributed by atoms with Crippen molar-refractivity contribution >= 4 is 11.7 Å². The molecule has 1 fully saturated rings. The van der Waals surface area contributed by atoms with Gasteiger partial charge in [-0.3, -0.25) is 9.48 Å².